The van der Waals surface area contributed by atoms with E-state index in [4.69, 9.17) is 9.05 Å². The van der Waals surface area contributed by atoms with Gasteiger partial charge in [-0.3, -0.25) is 0 Å². The van der Waals surface area contributed by atoms with E-state index < -0.39 is 41.8 Å². The van der Waals surface area contributed by atoms with Gasteiger partial charge in [-0.25, -0.2) is 0 Å². The Bertz CT molecular complexity index is 1230. The van der Waals surface area contributed by atoms with Crippen molar-refractivity contribution in [2.75, 3.05) is 0 Å². The molecule has 1 saturated heterocycles. The van der Waals surface area contributed by atoms with Gasteiger partial charge in [0.1, 0.15) is 0 Å². The summed E-state index contributed by atoms with van der Waals surface area (Å²) in [7, 11) is -5.02. The van der Waals surface area contributed by atoms with E-state index in [1.807, 2.05) is 0 Å². The Morgan fingerprint density at radius 1 is 0.706 bits per heavy atom. The Morgan fingerprint density at radius 2 is 1.21 bits per heavy atom. The molecule has 0 saturated carbocycles. The fourth-order valence-corrected chi connectivity index (χ4v) is 12.0. The normalized spacial score (nSPS) is 25.1. The van der Waals surface area contributed by atoms with Gasteiger partial charge in [-0.1, -0.05) is 0 Å². The number of hydrogen-bond donors (Lipinski definition) is 0. The van der Waals surface area contributed by atoms with E-state index >= 15 is 0 Å². The summed E-state index contributed by atoms with van der Waals surface area (Å²) < 4.78 is 99.5. The van der Waals surface area contributed by atoms with Crippen molar-refractivity contribution in [3.63, 3.8) is 0 Å². The third-order valence-electron chi connectivity index (χ3n) is 7.15. The van der Waals surface area contributed by atoms with Crippen molar-refractivity contribution >= 4 is 17.7 Å². The molecule has 2 heterocycles. The summed E-state index contributed by atoms with van der Waals surface area (Å²) >= 11 is 0. The maximum atomic E-state index is 14.6. The summed E-state index contributed by atoms with van der Waals surface area (Å²) in [5, 5.41) is -1.25. The quantitative estimate of drug-likeness (QED) is 0.282. The summed E-state index contributed by atoms with van der Waals surface area (Å²) in [6, 6.07) is 21.3. The molecule has 3 aromatic rings. The molecule has 1 fully saturated rings. The molecule has 0 radical (unpaired) electrons. The Hall–Kier alpha value is -2.41. The fraction of sp³-hybridized carbons (Fsp3) is 0.280. The van der Waals surface area contributed by atoms with Gasteiger partial charge in [0.2, 0.25) is 0 Å². The van der Waals surface area contributed by atoms with E-state index in [9.17, 15) is 26.3 Å². The molecular weight excluding hydrogens is 477 g/mol. The van der Waals surface area contributed by atoms with Crippen LogP contribution in [0, 0.1) is 0 Å². The second kappa shape index (κ2) is 6.84. The van der Waals surface area contributed by atoms with Crippen molar-refractivity contribution < 1.29 is 35.4 Å². The second-order valence-electron chi connectivity index (χ2n) is 9.13. The van der Waals surface area contributed by atoms with E-state index in [-0.39, 0.29) is 10.6 Å². The minimum atomic E-state index is -5.78. The van der Waals surface area contributed by atoms with Gasteiger partial charge in [-0.15, -0.1) is 0 Å². The number of hydrogen-bond acceptors (Lipinski definition) is 2. The molecule has 5 rings (SSSR count). The van der Waals surface area contributed by atoms with Crippen LogP contribution < -0.4 is 10.6 Å². The first-order chi connectivity index (χ1) is 15.8. The van der Waals surface area contributed by atoms with Gasteiger partial charge in [0.05, 0.1) is 0 Å². The SMILES string of the molecule is CC1(C)C(c2ccccc2)OP12(c1ccccc1)OC(C(F)(F)F)(C(F)(F)F)c1ccccc12. The monoisotopic (exact) mass is 498 g/mol. The van der Waals surface area contributed by atoms with Crippen LogP contribution in [0.2, 0.25) is 0 Å². The van der Waals surface area contributed by atoms with Gasteiger partial charge in [0.15, 0.2) is 0 Å². The molecule has 1 spiro atoms. The molecule has 3 aromatic carbocycles. The number of benzene rings is 3. The van der Waals surface area contributed by atoms with Crippen molar-refractivity contribution in [3.8, 4) is 0 Å². The Morgan fingerprint density at radius 3 is 1.74 bits per heavy atom. The van der Waals surface area contributed by atoms with Crippen molar-refractivity contribution in [2.24, 2.45) is 0 Å². The van der Waals surface area contributed by atoms with Crippen LogP contribution >= 0.6 is 7.06 Å². The molecule has 1 unspecified atom stereocenters. The predicted molar refractivity (Wildman–Crippen MR) is 118 cm³/mol. The average Bonchev–Trinajstić information content (AvgIpc) is 3.11. The number of fused-ring (bicyclic) bond motifs is 2. The van der Waals surface area contributed by atoms with Crippen LogP contribution in [0.3, 0.4) is 0 Å². The standard InChI is InChI=1S/C25H21F6O2P/c1-22(2)21(17-11-5-3-6-12-17)32-34(22,18-13-7-4-8-14-18)20-16-10-9-15-19(20)23(33-34,24(26,27)28)25(29,30)31/h3-16,21H,1-2H3. The van der Waals surface area contributed by atoms with Crippen LogP contribution in [-0.4, -0.2) is 17.5 Å². The second-order valence-corrected chi connectivity index (χ2v) is 13.6. The van der Waals surface area contributed by atoms with Crippen LogP contribution in [0.5, 0.6) is 0 Å². The van der Waals surface area contributed by atoms with Crippen molar-refractivity contribution in [1.82, 2.24) is 0 Å². The van der Waals surface area contributed by atoms with Crippen LogP contribution in [0.15, 0.2) is 84.9 Å². The van der Waals surface area contributed by atoms with E-state index in [0.717, 1.165) is 6.07 Å². The van der Waals surface area contributed by atoms with Gasteiger partial charge in [-0.05, 0) is 0 Å². The molecule has 0 N–H and O–H groups in total. The third-order valence-corrected chi connectivity index (χ3v) is 13.2. The summed E-state index contributed by atoms with van der Waals surface area (Å²) in [5.41, 5.74) is -4.84. The van der Waals surface area contributed by atoms with Crippen LogP contribution in [0.4, 0.5) is 26.3 Å². The fourth-order valence-electron chi connectivity index (χ4n) is 5.57. The van der Waals surface area contributed by atoms with Crippen LogP contribution in [-0.2, 0) is 14.6 Å². The van der Waals surface area contributed by atoms with Crippen molar-refractivity contribution in [1.29, 1.82) is 0 Å². The molecule has 9 heteroatoms. The molecule has 34 heavy (non-hydrogen) atoms. The molecule has 2 aliphatic heterocycles. The van der Waals surface area contributed by atoms with Crippen molar-refractivity contribution in [3.05, 3.63) is 96.1 Å². The first-order valence-corrected chi connectivity index (χ1v) is 12.7. The molecule has 1 atom stereocenters. The van der Waals surface area contributed by atoms with Crippen molar-refractivity contribution in [2.45, 2.75) is 43.1 Å². The summed E-state index contributed by atoms with van der Waals surface area (Å²) in [6.07, 6.45) is -12.3. The Labute approximate surface area is 192 Å². The summed E-state index contributed by atoms with van der Waals surface area (Å²) in [4.78, 5) is 0. The molecule has 0 aliphatic carbocycles. The van der Waals surface area contributed by atoms with E-state index in [2.05, 4.69) is 0 Å². The van der Waals surface area contributed by atoms with Crippen LogP contribution in [0.25, 0.3) is 0 Å². The van der Waals surface area contributed by atoms with Crippen LogP contribution in [0.1, 0.15) is 31.1 Å². The molecule has 0 aromatic heterocycles. The third kappa shape index (κ3) is 2.44. The molecular formula is C25H21F6O2P. The van der Waals surface area contributed by atoms with Gasteiger partial charge in [0.25, 0.3) is 0 Å². The van der Waals surface area contributed by atoms with E-state index in [0.29, 0.717) is 5.56 Å². The zero-order valence-corrected chi connectivity index (χ0v) is 19.1. The first kappa shape index (κ1) is 23.3. The van der Waals surface area contributed by atoms with Gasteiger partial charge < -0.3 is 0 Å². The molecule has 0 amide bonds. The minimum absolute atomic E-state index is 0.175. The molecule has 180 valence electrons. The number of rotatable bonds is 2. The van der Waals surface area contributed by atoms with Gasteiger partial charge >= 0.3 is 192 Å². The average molecular weight is 498 g/mol. The predicted octanol–water partition coefficient (Wildman–Crippen LogP) is 6.92. The van der Waals surface area contributed by atoms with Gasteiger partial charge in [-0.2, -0.15) is 0 Å². The van der Waals surface area contributed by atoms with E-state index in [1.54, 1.807) is 62.4 Å². The number of halogens is 6. The summed E-state index contributed by atoms with van der Waals surface area (Å²) in [5.74, 6) is 0. The zero-order chi connectivity index (χ0) is 24.6. The molecule has 2 aliphatic rings. The number of alkyl halides is 6. The van der Waals surface area contributed by atoms with E-state index in [1.165, 1.54) is 30.3 Å². The Balaban J connectivity index is 1.90. The maximum absolute atomic E-state index is 14.6. The topological polar surface area (TPSA) is 18.5 Å². The molecule has 0 bridgehead atoms. The molecule has 2 nitrogen and oxygen atoms in total. The first-order valence-electron chi connectivity index (χ1n) is 10.6. The summed E-state index contributed by atoms with van der Waals surface area (Å²) in [6.45, 7) is 3.27. The Kier molecular flexibility index (Phi) is 4.69. The van der Waals surface area contributed by atoms with Gasteiger partial charge in [0, 0.05) is 0 Å². The zero-order valence-electron chi connectivity index (χ0n) is 18.2.